The normalized spacial score (nSPS) is 22.8. The molecule has 2 aromatic carbocycles. The quantitative estimate of drug-likeness (QED) is 0.648. The highest BCUT2D eigenvalue weighted by Crippen LogP contribution is 2.53. The lowest BCUT2D eigenvalue weighted by Gasteiger charge is -2.35. The van der Waals surface area contributed by atoms with Crippen LogP contribution in [0, 0.1) is 5.41 Å². The molecule has 1 aliphatic carbocycles. The number of carbonyl (C=O) groups is 2. The monoisotopic (exact) mass is 512 g/mol. The van der Waals surface area contributed by atoms with Gasteiger partial charge in [0.15, 0.2) is 5.78 Å². The lowest BCUT2D eigenvalue weighted by atomic mass is 9.72. The van der Waals surface area contributed by atoms with Crippen LogP contribution in [0.4, 0.5) is 18.9 Å². The number of nitrogens with one attached hydrogen (secondary N) is 1. The van der Waals surface area contributed by atoms with Crippen LogP contribution in [0.5, 0.6) is 0 Å². The van der Waals surface area contributed by atoms with Crippen molar-refractivity contribution in [3.63, 3.8) is 0 Å². The standard InChI is InChI=1S/C23H20ClF3N2O4S/c1-21(2)12-17-19(18(30)13-21)22(23(25,26)27,28-34(32,33)16-6-4-3-5-7-16)20(31)29(17)15-10-8-14(24)9-11-15/h3-11,28H,12-13H2,1-2H3/t22-/m0/s1. The molecule has 2 aliphatic rings. The number of anilines is 1. The summed E-state index contributed by atoms with van der Waals surface area (Å²) in [5.74, 6) is -2.55. The second-order valence-electron chi connectivity index (χ2n) is 9.05. The van der Waals surface area contributed by atoms with Crippen molar-refractivity contribution >= 4 is 39.0 Å². The summed E-state index contributed by atoms with van der Waals surface area (Å²) < 4.78 is 72.2. The summed E-state index contributed by atoms with van der Waals surface area (Å²) in [5, 5.41) is 0.288. The van der Waals surface area contributed by atoms with Crippen molar-refractivity contribution in [2.75, 3.05) is 4.90 Å². The molecule has 0 fully saturated rings. The molecule has 0 bridgehead atoms. The summed E-state index contributed by atoms with van der Waals surface area (Å²) in [7, 11) is -4.86. The molecular weight excluding hydrogens is 493 g/mol. The predicted octanol–water partition coefficient (Wildman–Crippen LogP) is 4.61. The second-order valence-corrected chi connectivity index (χ2v) is 11.2. The summed E-state index contributed by atoms with van der Waals surface area (Å²) in [4.78, 5) is 27.1. The fourth-order valence-electron chi connectivity index (χ4n) is 4.44. The summed E-state index contributed by atoms with van der Waals surface area (Å²) in [5.41, 5.74) is -5.55. The summed E-state index contributed by atoms with van der Waals surface area (Å²) in [6.07, 6.45) is -5.78. The molecule has 1 amide bonds. The smallest absolute Gasteiger partial charge is 0.294 e. The molecule has 0 aromatic heterocycles. The molecule has 0 radical (unpaired) electrons. The third-order valence-electron chi connectivity index (χ3n) is 5.87. The molecule has 4 rings (SSSR count). The maximum Gasteiger partial charge on any atom is 0.421 e. The molecule has 11 heteroatoms. The lowest BCUT2D eigenvalue weighted by Crippen LogP contribution is -2.66. The number of amides is 1. The number of benzene rings is 2. The third kappa shape index (κ3) is 3.83. The van der Waals surface area contributed by atoms with E-state index in [9.17, 15) is 31.2 Å². The molecule has 34 heavy (non-hydrogen) atoms. The average Bonchev–Trinajstić information content (AvgIpc) is 2.97. The summed E-state index contributed by atoms with van der Waals surface area (Å²) >= 11 is 5.90. The second kappa shape index (κ2) is 7.93. The Labute approximate surface area is 199 Å². The highest BCUT2D eigenvalue weighted by Gasteiger charge is 2.72. The molecule has 0 saturated carbocycles. The number of nitrogens with zero attached hydrogens (tertiary/aromatic N) is 1. The molecule has 1 N–H and O–H groups in total. The van der Waals surface area contributed by atoms with Gasteiger partial charge in [-0.3, -0.25) is 14.5 Å². The van der Waals surface area contributed by atoms with Gasteiger partial charge in [0, 0.05) is 22.8 Å². The first-order chi connectivity index (χ1) is 15.7. The summed E-state index contributed by atoms with van der Waals surface area (Å²) in [6.45, 7) is 3.39. The number of allylic oxidation sites excluding steroid dienone is 1. The van der Waals surface area contributed by atoms with Crippen LogP contribution in [-0.2, 0) is 19.6 Å². The van der Waals surface area contributed by atoms with E-state index in [0.29, 0.717) is 0 Å². The van der Waals surface area contributed by atoms with Gasteiger partial charge in [0.2, 0.25) is 15.6 Å². The van der Waals surface area contributed by atoms with Crippen LogP contribution in [0.15, 0.2) is 70.8 Å². The number of rotatable bonds is 4. The van der Waals surface area contributed by atoms with Gasteiger partial charge in [0.1, 0.15) is 0 Å². The van der Waals surface area contributed by atoms with Crippen LogP contribution in [0.2, 0.25) is 5.02 Å². The molecule has 1 heterocycles. The fraction of sp³-hybridized carbons (Fsp3) is 0.304. The van der Waals surface area contributed by atoms with E-state index in [1.54, 1.807) is 18.6 Å². The van der Waals surface area contributed by atoms with Gasteiger partial charge < -0.3 is 0 Å². The zero-order valence-electron chi connectivity index (χ0n) is 18.1. The Hall–Kier alpha value is -2.69. The van der Waals surface area contributed by atoms with Crippen molar-refractivity contribution in [2.45, 2.75) is 43.3 Å². The fourth-order valence-corrected chi connectivity index (χ4v) is 5.91. The van der Waals surface area contributed by atoms with E-state index >= 15 is 0 Å². The highest BCUT2D eigenvalue weighted by molar-refractivity contribution is 7.89. The largest absolute Gasteiger partial charge is 0.421 e. The van der Waals surface area contributed by atoms with Gasteiger partial charge in [-0.25, -0.2) is 8.42 Å². The van der Waals surface area contributed by atoms with Crippen molar-refractivity contribution in [3.8, 4) is 0 Å². The zero-order valence-corrected chi connectivity index (χ0v) is 19.7. The van der Waals surface area contributed by atoms with E-state index in [-0.39, 0.29) is 29.2 Å². The minimum absolute atomic E-state index is 0.0393. The maximum atomic E-state index is 14.8. The molecule has 2 aromatic rings. The highest BCUT2D eigenvalue weighted by atomic mass is 35.5. The first-order valence-electron chi connectivity index (χ1n) is 10.2. The third-order valence-corrected chi connectivity index (χ3v) is 7.59. The first kappa shape index (κ1) is 24.4. The number of halogens is 4. The van der Waals surface area contributed by atoms with Crippen molar-refractivity contribution in [3.05, 3.63) is 70.9 Å². The van der Waals surface area contributed by atoms with Crippen molar-refractivity contribution < 1.29 is 31.2 Å². The van der Waals surface area contributed by atoms with E-state index in [4.69, 9.17) is 11.6 Å². The number of alkyl halides is 3. The average molecular weight is 513 g/mol. The van der Waals surface area contributed by atoms with E-state index in [2.05, 4.69) is 0 Å². The molecule has 0 unspecified atom stereocenters. The summed E-state index contributed by atoms with van der Waals surface area (Å²) in [6, 6.07) is 11.8. The predicted molar refractivity (Wildman–Crippen MR) is 120 cm³/mol. The maximum absolute atomic E-state index is 14.8. The van der Waals surface area contributed by atoms with Gasteiger partial charge in [0.05, 0.1) is 10.5 Å². The van der Waals surface area contributed by atoms with Gasteiger partial charge in [-0.2, -0.15) is 17.9 Å². The van der Waals surface area contributed by atoms with Crippen LogP contribution in [-0.4, -0.2) is 31.8 Å². The Kier molecular flexibility index (Phi) is 5.70. The number of hydrogen-bond acceptors (Lipinski definition) is 4. The molecule has 0 saturated heterocycles. The Balaban J connectivity index is 1.99. The Bertz CT molecular complexity index is 1310. The Morgan fingerprint density at radius 2 is 1.56 bits per heavy atom. The lowest BCUT2D eigenvalue weighted by molar-refractivity contribution is -0.184. The van der Waals surface area contributed by atoms with E-state index < -0.39 is 49.3 Å². The van der Waals surface area contributed by atoms with Crippen LogP contribution >= 0.6 is 11.6 Å². The molecule has 1 aliphatic heterocycles. The van der Waals surface area contributed by atoms with Crippen LogP contribution in [0.25, 0.3) is 0 Å². The molecule has 180 valence electrons. The number of sulfonamides is 1. The van der Waals surface area contributed by atoms with Gasteiger partial charge in [0.25, 0.3) is 5.91 Å². The molecule has 0 spiro atoms. The van der Waals surface area contributed by atoms with E-state index in [1.165, 1.54) is 42.5 Å². The minimum Gasteiger partial charge on any atom is -0.294 e. The number of hydrogen-bond donors (Lipinski definition) is 1. The van der Waals surface area contributed by atoms with E-state index in [1.807, 2.05) is 0 Å². The zero-order chi connectivity index (χ0) is 25.1. The topological polar surface area (TPSA) is 83.6 Å². The number of ketones is 1. The van der Waals surface area contributed by atoms with Crippen LogP contribution in [0.3, 0.4) is 0 Å². The Morgan fingerprint density at radius 1 is 0.971 bits per heavy atom. The first-order valence-corrected chi connectivity index (χ1v) is 12.1. The van der Waals surface area contributed by atoms with Gasteiger partial charge in [-0.1, -0.05) is 43.6 Å². The van der Waals surface area contributed by atoms with Crippen molar-refractivity contribution in [1.82, 2.24) is 4.72 Å². The molecule has 6 nitrogen and oxygen atoms in total. The van der Waals surface area contributed by atoms with E-state index in [0.717, 1.165) is 17.0 Å². The van der Waals surface area contributed by atoms with Crippen LogP contribution in [0.1, 0.15) is 26.7 Å². The minimum atomic E-state index is -5.45. The molecule has 1 atom stereocenters. The Morgan fingerprint density at radius 3 is 2.12 bits per heavy atom. The van der Waals surface area contributed by atoms with Crippen molar-refractivity contribution in [1.29, 1.82) is 0 Å². The number of carbonyl (C=O) groups excluding carboxylic acids is 2. The van der Waals surface area contributed by atoms with Gasteiger partial charge in [-0.05, 0) is 48.2 Å². The van der Waals surface area contributed by atoms with Crippen LogP contribution < -0.4 is 9.62 Å². The van der Waals surface area contributed by atoms with Gasteiger partial charge in [-0.15, -0.1) is 0 Å². The molecular formula is C23H20ClF3N2O4S. The SMILES string of the molecule is CC1(C)CC(=O)C2=C(C1)N(c1ccc(Cl)cc1)C(=O)[C@]2(NS(=O)(=O)c1ccccc1)C(F)(F)F. The van der Waals surface area contributed by atoms with Gasteiger partial charge >= 0.3 is 6.18 Å². The van der Waals surface area contributed by atoms with Crippen molar-refractivity contribution in [2.24, 2.45) is 5.41 Å². The number of Topliss-reactive ketones (excluding diaryl/α,β-unsaturated/α-hetero) is 1.